The predicted octanol–water partition coefficient (Wildman–Crippen LogP) is 3.17. The second-order valence-corrected chi connectivity index (χ2v) is 5.80. The monoisotopic (exact) mass is 289 g/mol. The molecule has 0 aliphatic rings. The first-order chi connectivity index (χ1) is 10.1. The smallest absolute Gasteiger partial charge is 0.0935 e. The summed E-state index contributed by atoms with van der Waals surface area (Å²) in [6, 6.07) is 2.54. The highest BCUT2D eigenvalue weighted by Crippen LogP contribution is 2.16. The highest BCUT2D eigenvalue weighted by Gasteiger charge is 2.14. The van der Waals surface area contributed by atoms with Crippen molar-refractivity contribution in [1.82, 2.24) is 15.1 Å². The van der Waals surface area contributed by atoms with E-state index in [0.29, 0.717) is 6.04 Å². The number of nitrogens with zero attached hydrogens (tertiary/aromatic N) is 2. The van der Waals surface area contributed by atoms with E-state index in [-0.39, 0.29) is 0 Å². The summed E-state index contributed by atoms with van der Waals surface area (Å²) in [7, 11) is 2.02. The molecular weight excluding hydrogens is 262 g/mol. The van der Waals surface area contributed by atoms with Gasteiger partial charge in [-0.25, -0.2) is 0 Å². The Morgan fingerprint density at radius 1 is 1.38 bits per heavy atom. The zero-order chi connectivity index (χ0) is 15.2. The molecule has 0 spiro atoms. The molecule has 21 heavy (non-hydrogen) atoms. The van der Waals surface area contributed by atoms with Crippen molar-refractivity contribution >= 4 is 0 Å². The number of furan rings is 1. The summed E-state index contributed by atoms with van der Waals surface area (Å²) in [4.78, 5) is 0. The molecule has 0 saturated carbocycles. The molecular formula is C17H27N3O. The SMILES string of the molecule is CCCNC(CCc1c(C)nn(C)c1C)Cc1ccoc1. The van der Waals surface area contributed by atoms with Crippen molar-refractivity contribution in [2.45, 2.75) is 52.5 Å². The van der Waals surface area contributed by atoms with Crippen molar-refractivity contribution < 1.29 is 4.42 Å². The summed E-state index contributed by atoms with van der Waals surface area (Å²) < 4.78 is 7.16. The summed E-state index contributed by atoms with van der Waals surface area (Å²) in [5.74, 6) is 0. The van der Waals surface area contributed by atoms with Crippen molar-refractivity contribution in [3.8, 4) is 0 Å². The number of aromatic nitrogens is 2. The van der Waals surface area contributed by atoms with E-state index in [2.05, 4.69) is 37.3 Å². The van der Waals surface area contributed by atoms with Gasteiger partial charge in [-0.2, -0.15) is 5.10 Å². The van der Waals surface area contributed by atoms with Crippen molar-refractivity contribution in [3.63, 3.8) is 0 Å². The van der Waals surface area contributed by atoms with E-state index in [1.165, 1.54) is 16.8 Å². The van der Waals surface area contributed by atoms with Crippen LogP contribution in [0.4, 0.5) is 0 Å². The van der Waals surface area contributed by atoms with Crippen LogP contribution in [0.25, 0.3) is 0 Å². The third-order valence-corrected chi connectivity index (χ3v) is 4.15. The molecule has 0 aliphatic carbocycles. The maximum absolute atomic E-state index is 5.18. The quantitative estimate of drug-likeness (QED) is 0.811. The molecule has 0 aliphatic heterocycles. The first kappa shape index (κ1) is 15.8. The molecule has 0 bridgehead atoms. The highest BCUT2D eigenvalue weighted by atomic mass is 16.3. The van der Waals surface area contributed by atoms with E-state index in [1.54, 1.807) is 6.26 Å². The van der Waals surface area contributed by atoms with Crippen molar-refractivity contribution in [1.29, 1.82) is 0 Å². The molecule has 1 N–H and O–H groups in total. The maximum Gasteiger partial charge on any atom is 0.0935 e. The first-order valence-electron chi connectivity index (χ1n) is 7.85. The Labute approximate surface area is 127 Å². The fourth-order valence-corrected chi connectivity index (χ4v) is 2.82. The van der Waals surface area contributed by atoms with Gasteiger partial charge >= 0.3 is 0 Å². The van der Waals surface area contributed by atoms with E-state index in [9.17, 15) is 0 Å². The van der Waals surface area contributed by atoms with Crippen molar-refractivity contribution in [2.75, 3.05) is 6.54 Å². The minimum atomic E-state index is 0.488. The fourth-order valence-electron chi connectivity index (χ4n) is 2.82. The lowest BCUT2D eigenvalue weighted by atomic mass is 9.99. The van der Waals surface area contributed by atoms with Gasteiger partial charge in [0.2, 0.25) is 0 Å². The number of rotatable bonds is 8. The minimum absolute atomic E-state index is 0.488. The number of hydrogen-bond acceptors (Lipinski definition) is 3. The molecule has 1 atom stereocenters. The molecule has 0 amide bonds. The second kappa shape index (κ2) is 7.46. The normalized spacial score (nSPS) is 12.8. The van der Waals surface area contributed by atoms with E-state index in [4.69, 9.17) is 4.42 Å². The molecule has 0 saturated heterocycles. The van der Waals surface area contributed by atoms with Crippen LogP contribution in [0.1, 0.15) is 42.3 Å². The van der Waals surface area contributed by atoms with Crippen molar-refractivity contribution in [3.05, 3.63) is 41.1 Å². The molecule has 116 valence electrons. The van der Waals surface area contributed by atoms with Gasteiger partial charge < -0.3 is 9.73 Å². The van der Waals surface area contributed by atoms with Gasteiger partial charge in [0.25, 0.3) is 0 Å². The average Bonchev–Trinajstić information content (AvgIpc) is 3.04. The third kappa shape index (κ3) is 4.21. The molecule has 4 heteroatoms. The number of nitrogens with one attached hydrogen (secondary N) is 1. The highest BCUT2D eigenvalue weighted by molar-refractivity contribution is 5.24. The van der Waals surface area contributed by atoms with Crippen LogP contribution >= 0.6 is 0 Å². The lowest BCUT2D eigenvalue weighted by Crippen LogP contribution is -2.32. The Bertz CT molecular complexity index is 543. The Hall–Kier alpha value is -1.55. The lowest BCUT2D eigenvalue weighted by Gasteiger charge is -2.18. The van der Waals surface area contributed by atoms with Gasteiger partial charge in [-0.3, -0.25) is 4.68 Å². The standard InChI is InChI=1S/C17H27N3O/c1-5-9-18-16(11-15-8-10-21-12-15)6-7-17-13(2)19-20(4)14(17)3/h8,10,12,16,18H,5-7,9,11H2,1-4H3. The zero-order valence-electron chi connectivity index (χ0n) is 13.6. The summed E-state index contributed by atoms with van der Waals surface area (Å²) in [5, 5.41) is 8.16. The molecule has 2 heterocycles. The largest absolute Gasteiger partial charge is 0.472 e. The van der Waals surface area contributed by atoms with Crippen LogP contribution in [0.5, 0.6) is 0 Å². The van der Waals surface area contributed by atoms with Gasteiger partial charge in [-0.15, -0.1) is 0 Å². The Morgan fingerprint density at radius 3 is 2.76 bits per heavy atom. The van der Waals surface area contributed by atoms with Crippen molar-refractivity contribution in [2.24, 2.45) is 7.05 Å². The number of aryl methyl sites for hydroxylation is 2. The maximum atomic E-state index is 5.18. The summed E-state index contributed by atoms with van der Waals surface area (Å²) in [5.41, 5.74) is 5.11. The van der Waals surface area contributed by atoms with Crippen LogP contribution < -0.4 is 5.32 Å². The zero-order valence-corrected chi connectivity index (χ0v) is 13.6. The molecule has 0 aromatic carbocycles. The van der Waals surface area contributed by atoms with Gasteiger partial charge in [-0.1, -0.05) is 6.92 Å². The van der Waals surface area contributed by atoms with Gasteiger partial charge in [0.1, 0.15) is 0 Å². The molecule has 1 unspecified atom stereocenters. The Morgan fingerprint density at radius 2 is 2.19 bits per heavy atom. The van der Waals surface area contributed by atoms with Gasteiger partial charge in [0.15, 0.2) is 0 Å². The molecule has 4 nitrogen and oxygen atoms in total. The van der Waals surface area contributed by atoms with Gasteiger partial charge in [0, 0.05) is 18.8 Å². The van der Waals surface area contributed by atoms with Gasteiger partial charge in [0.05, 0.1) is 18.2 Å². The minimum Gasteiger partial charge on any atom is -0.472 e. The molecule has 0 fully saturated rings. The predicted molar refractivity (Wildman–Crippen MR) is 85.5 cm³/mol. The lowest BCUT2D eigenvalue weighted by molar-refractivity contribution is 0.473. The van der Waals surface area contributed by atoms with Crippen LogP contribution in [0.2, 0.25) is 0 Å². The van der Waals surface area contributed by atoms with E-state index in [0.717, 1.165) is 37.9 Å². The first-order valence-corrected chi connectivity index (χ1v) is 7.85. The topological polar surface area (TPSA) is 43.0 Å². The number of hydrogen-bond donors (Lipinski definition) is 1. The summed E-state index contributed by atoms with van der Waals surface area (Å²) >= 11 is 0. The van der Waals surface area contributed by atoms with Crippen LogP contribution in [0, 0.1) is 13.8 Å². The van der Waals surface area contributed by atoms with Gasteiger partial charge in [-0.05, 0) is 63.3 Å². The fraction of sp³-hybridized carbons (Fsp3) is 0.588. The molecule has 2 aromatic heterocycles. The van der Waals surface area contributed by atoms with E-state index >= 15 is 0 Å². The van der Waals surface area contributed by atoms with E-state index in [1.807, 2.05) is 18.0 Å². The van der Waals surface area contributed by atoms with Crippen LogP contribution in [0.15, 0.2) is 23.0 Å². The second-order valence-electron chi connectivity index (χ2n) is 5.80. The third-order valence-electron chi connectivity index (χ3n) is 4.15. The summed E-state index contributed by atoms with van der Waals surface area (Å²) in [6.45, 7) is 7.53. The Kier molecular flexibility index (Phi) is 5.62. The molecule has 2 aromatic rings. The Balaban J connectivity index is 1.97. The van der Waals surface area contributed by atoms with Crippen LogP contribution in [-0.4, -0.2) is 22.4 Å². The summed E-state index contributed by atoms with van der Waals surface area (Å²) in [6.07, 6.45) is 7.98. The molecule has 0 radical (unpaired) electrons. The van der Waals surface area contributed by atoms with Crippen LogP contribution in [-0.2, 0) is 19.9 Å². The molecule has 2 rings (SSSR count). The van der Waals surface area contributed by atoms with E-state index < -0.39 is 0 Å². The average molecular weight is 289 g/mol. The van der Waals surface area contributed by atoms with Crippen LogP contribution in [0.3, 0.4) is 0 Å².